The minimum absolute atomic E-state index is 0.301. The molecule has 3 aromatic heterocycles. The number of ether oxygens (including phenoxy) is 1. The van der Waals surface area contributed by atoms with Crippen LogP contribution < -0.4 is 4.90 Å². The van der Waals surface area contributed by atoms with E-state index in [9.17, 15) is 0 Å². The minimum atomic E-state index is 0.301. The molecule has 6 nitrogen and oxygen atoms in total. The highest BCUT2D eigenvalue weighted by Gasteiger charge is 2.32. The molecule has 0 N–H and O–H groups in total. The van der Waals surface area contributed by atoms with Crippen LogP contribution in [-0.4, -0.2) is 40.1 Å². The van der Waals surface area contributed by atoms with E-state index in [0.717, 1.165) is 52.5 Å². The summed E-state index contributed by atoms with van der Waals surface area (Å²) in [4.78, 5) is 20.3. The maximum atomic E-state index is 5.14. The molecule has 3 aromatic rings. The fourth-order valence-electron chi connectivity index (χ4n) is 3.31. The summed E-state index contributed by atoms with van der Waals surface area (Å²) >= 11 is 0. The molecule has 4 heterocycles. The molecule has 0 amide bonds. The zero-order valence-electron chi connectivity index (χ0n) is 16.6. The van der Waals surface area contributed by atoms with Gasteiger partial charge in [0.25, 0.3) is 0 Å². The molecule has 0 atom stereocenters. The molecule has 0 saturated carbocycles. The highest BCUT2D eigenvalue weighted by molar-refractivity contribution is 5.79. The molecule has 0 aromatic carbocycles. The Balaban J connectivity index is 1.48. The molecule has 1 aliphatic rings. The van der Waals surface area contributed by atoms with Crippen molar-refractivity contribution in [2.24, 2.45) is 0 Å². The van der Waals surface area contributed by atoms with Crippen LogP contribution in [0.15, 0.2) is 73.6 Å². The standard InChI is InChI=1S/C23H23N5O/c1-16(5-4-6-17(2)29-3)22-23(26-12-11-25-22)19-14-28(15-19)21-8-7-18-13-24-10-9-20(18)27-21/h4-13,19H,1,14-15H2,2-3H3/b5-4-,17-6+. The first-order valence-electron chi connectivity index (χ1n) is 9.50. The van der Waals surface area contributed by atoms with Crippen LogP contribution in [0.25, 0.3) is 16.5 Å². The van der Waals surface area contributed by atoms with Crippen molar-refractivity contribution in [3.63, 3.8) is 0 Å². The molecular weight excluding hydrogens is 362 g/mol. The number of rotatable bonds is 6. The van der Waals surface area contributed by atoms with Crippen LogP contribution in [0.5, 0.6) is 0 Å². The maximum Gasteiger partial charge on any atom is 0.129 e. The molecular formula is C23H23N5O. The second kappa shape index (κ2) is 8.22. The Hall–Kier alpha value is -3.54. The second-order valence-corrected chi connectivity index (χ2v) is 7.00. The number of hydrogen-bond acceptors (Lipinski definition) is 6. The third-order valence-corrected chi connectivity index (χ3v) is 5.05. The van der Waals surface area contributed by atoms with Crippen LogP contribution in [0, 0.1) is 0 Å². The third-order valence-electron chi connectivity index (χ3n) is 5.05. The number of nitrogens with zero attached hydrogens (tertiary/aromatic N) is 5. The lowest BCUT2D eigenvalue weighted by molar-refractivity contribution is 0.294. The van der Waals surface area contributed by atoms with E-state index in [4.69, 9.17) is 9.72 Å². The molecule has 146 valence electrons. The molecule has 1 fully saturated rings. The van der Waals surface area contributed by atoms with E-state index in [-0.39, 0.29) is 0 Å². The molecule has 6 heteroatoms. The number of anilines is 1. The van der Waals surface area contributed by atoms with Crippen molar-refractivity contribution in [2.75, 3.05) is 25.1 Å². The van der Waals surface area contributed by atoms with E-state index >= 15 is 0 Å². The van der Waals surface area contributed by atoms with Gasteiger partial charge in [-0.05, 0) is 36.8 Å². The molecule has 0 radical (unpaired) electrons. The Bertz CT molecular complexity index is 1100. The van der Waals surface area contributed by atoms with Crippen LogP contribution in [0.1, 0.15) is 24.2 Å². The summed E-state index contributed by atoms with van der Waals surface area (Å²) in [6.07, 6.45) is 12.8. The molecule has 0 bridgehead atoms. The molecule has 0 unspecified atom stereocenters. The Kier molecular flexibility index (Phi) is 5.33. The highest BCUT2D eigenvalue weighted by atomic mass is 16.5. The van der Waals surface area contributed by atoms with Crippen LogP contribution >= 0.6 is 0 Å². The summed E-state index contributed by atoms with van der Waals surface area (Å²) in [5.41, 5.74) is 3.62. The number of methoxy groups -OCH3 is 1. The Morgan fingerprint density at radius 1 is 1.17 bits per heavy atom. The van der Waals surface area contributed by atoms with Crippen molar-refractivity contribution in [3.05, 3.63) is 84.9 Å². The third kappa shape index (κ3) is 4.01. The number of hydrogen-bond donors (Lipinski definition) is 0. The molecule has 0 spiro atoms. The minimum Gasteiger partial charge on any atom is -0.501 e. The van der Waals surface area contributed by atoms with Crippen molar-refractivity contribution >= 4 is 22.3 Å². The summed E-state index contributed by atoms with van der Waals surface area (Å²) < 4.78 is 5.14. The summed E-state index contributed by atoms with van der Waals surface area (Å²) in [5.74, 6) is 2.11. The van der Waals surface area contributed by atoms with E-state index in [1.807, 2.05) is 43.5 Å². The monoisotopic (exact) mass is 385 g/mol. The van der Waals surface area contributed by atoms with Gasteiger partial charge in [0.05, 0.1) is 29.8 Å². The highest BCUT2D eigenvalue weighted by Crippen LogP contribution is 2.33. The average molecular weight is 385 g/mol. The average Bonchev–Trinajstić information content (AvgIpc) is 2.72. The van der Waals surface area contributed by atoms with Crippen molar-refractivity contribution in [1.82, 2.24) is 19.9 Å². The van der Waals surface area contributed by atoms with Gasteiger partial charge in [-0.1, -0.05) is 18.7 Å². The summed E-state index contributed by atoms with van der Waals surface area (Å²) in [5, 5.41) is 1.05. The van der Waals surface area contributed by atoms with Crippen LogP contribution in [0.3, 0.4) is 0 Å². The van der Waals surface area contributed by atoms with Crippen LogP contribution in [-0.2, 0) is 4.74 Å². The van der Waals surface area contributed by atoms with Crippen molar-refractivity contribution < 1.29 is 4.74 Å². The van der Waals surface area contributed by atoms with Gasteiger partial charge in [-0.25, -0.2) is 4.98 Å². The fourth-order valence-corrected chi connectivity index (χ4v) is 3.31. The SMILES string of the molecule is C=C(/C=C\C=C(/C)OC)c1nccnc1C1CN(c2ccc3cnccc3n2)C1. The predicted octanol–water partition coefficient (Wildman–Crippen LogP) is 4.14. The Morgan fingerprint density at radius 2 is 2.00 bits per heavy atom. The Morgan fingerprint density at radius 3 is 2.83 bits per heavy atom. The van der Waals surface area contributed by atoms with Crippen LogP contribution in [0.4, 0.5) is 5.82 Å². The first-order valence-corrected chi connectivity index (χ1v) is 9.50. The van der Waals surface area contributed by atoms with Gasteiger partial charge in [-0.3, -0.25) is 15.0 Å². The first-order chi connectivity index (χ1) is 14.2. The molecule has 4 rings (SSSR count). The predicted molar refractivity (Wildman–Crippen MR) is 115 cm³/mol. The van der Waals surface area contributed by atoms with E-state index in [0.29, 0.717) is 5.92 Å². The van der Waals surface area contributed by atoms with Gasteiger partial charge >= 0.3 is 0 Å². The summed E-state index contributed by atoms with van der Waals surface area (Å²) in [7, 11) is 1.65. The van der Waals surface area contributed by atoms with Gasteiger partial charge in [0.1, 0.15) is 5.82 Å². The Labute approximate surface area is 170 Å². The first kappa shape index (κ1) is 18.8. The zero-order valence-corrected chi connectivity index (χ0v) is 16.6. The van der Waals surface area contributed by atoms with Gasteiger partial charge in [0.2, 0.25) is 0 Å². The number of pyridine rings is 2. The van der Waals surface area contributed by atoms with Crippen molar-refractivity contribution in [1.29, 1.82) is 0 Å². The zero-order chi connectivity index (χ0) is 20.2. The van der Waals surface area contributed by atoms with Crippen LogP contribution in [0.2, 0.25) is 0 Å². The van der Waals surface area contributed by atoms with E-state index < -0.39 is 0 Å². The largest absolute Gasteiger partial charge is 0.501 e. The smallest absolute Gasteiger partial charge is 0.129 e. The van der Waals surface area contributed by atoms with Gasteiger partial charge in [0, 0.05) is 49.2 Å². The maximum absolute atomic E-state index is 5.14. The van der Waals surface area contributed by atoms with Gasteiger partial charge in [0.15, 0.2) is 0 Å². The molecule has 0 aliphatic carbocycles. The molecule has 1 aliphatic heterocycles. The van der Waals surface area contributed by atoms with E-state index in [1.165, 1.54) is 0 Å². The summed E-state index contributed by atoms with van der Waals surface area (Å²) in [6.45, 7) is 7.79. The number of fused-ring (bicyclic) bond motifs is 1. The van der Waals surface area contributed by atoms with Crippen molar-refractivity contribution in [2.45, 2.75) is 12.8 Å². The van der Waals surface area contributed by atoms with Gasteiger partial charge in [-0.2, -0.15) is 0 Å². The quantitative estimate of drug-likeness (QED) is 0.469. The lowest BCUT2D eigenvalue weighted by atomic mass is 9.92. The normalized spacial score (nSPS) is 15.0. The molecule has 1 saturated heterocycles. The van der Waals surface area contributed by atoms with E-state index in [1.54, 1.807) is 25.7 Å². The summed E-state index contributed by atoms with van der Waals surface area (Å²) in [6, 6.07) is 6.05. The second-order valence-electron chi connectivity index (χ2n) is 7.00. The van der Waals surface area contributed by atoms with Gasteiger partial charge < -0.3 is 9.64 Å². The van der Waals surface area contributed by atoms with Gasteiger partial charge in [-0.15, -0.1) is 0 Å². The lowest BCUT2D eigenvalue weighted by Crippen LogP contribution is -2.46. The number of allylic oxidation sites excluding steroid dienone is 5. The fraction of sp³-hybridized carbons (Fsp3) is 0.217. The lowest BCUT2D eigenvalue weighted by Gasteiger charge is -2.40. The number of aromatic nitrogens is 4. The van der Waals surface area contributed by atoms with E-state index in [2.05, 4.69) is 32.5 Å². The van der Waals surface area contributed by atoms with Crippen molar-refractivity contribution in [3.8, 4) is 0 Å². The molecule has 29 heavy (non-hydrogen) atoms. The topological polar surface area (TPSA) is 64.0 Å².